The molecule has 0 aromatic heterocycles. The Hall–Kier alpha value is -2.36. The van der Waals surface area contributed by atoms with Gasteiger partial charge >= 0.3 is 0 Å². The van der Waals surface area contributed by atoms with Gasteiger partial charge in [-0.15, -0.1) is 0 Å². The highest BCUT2D eigenvalue weighted by Crippen LogP contribution is 2.21. The zero-order valence-electron chi connectivity index (χ0n) is 10.9. The third-order valence-electron chi connectivity index (χ3n) is 2.95. The number of ether oxygens (including phenoxy) is 1. The fraction of sp³-hybridized carbons (Fsp3) is 0.200. The van der Waals surface area contributed by atoms with Crippen molar-refractivity contribution in [3.05, 3.63) is 69.3 Å². The molecule has 0 saturated heterocycles. The Morgan fingerprint density at radius 3 is 2.47 bits per heavy atom. The first-order valence-electron chi connectivity index (χ1n) is 6.00. The molecule has 0 aliphatic rings. The zero-order chi connectivity index (χ0) is 13.8. The van der Waals surface area contributed by atoms with Gasteiger partial charge in [0, 0.05) is 11.6 Å². The molecule has 0 saturated carbocycles. The number of rotatable bonds is 4. The molecule has 2 rings (SSSR count). The lowest BCUT2D eigenvalue weighted by molar-refractivity contribution is -0.385. The molecule has 0 amide bonds. The van der Waals surface area contributed by atoms with Gasteiger partial charge in [-0.1, -0.05) is 18.2 Å². The normalized spacial score (nSPS) is 10.2. The predicted octanol–water partition coefficient (Wildman–Crippen LogP) is 3.79. The highest BCUT2D eigenvalue weighted by molar-refractivity contribution is 5.42. The van der Waals surface area contributed by atoms with E-state index in [0.29, 0.717) is 12.2 Å². The summed E-state index contributed by atoms with van der Waals surface area (Å²) in [6, 6.07) is 12.8. The van der Waals surface area contributed by atoms with Crippen LogP contribution in [0.2, 0.25) is 0 Å². The van der Waals surface area contributed by atoms with E-state index >= 15 is 0 Å². The van der Waals surface area contributed by atoms with Gasteiger partial charge in [0.25, 0.3) is 5.69 Å². The predicted molar refractivity (Wildman–Crippen MR) is 73.3 cm³/mol. The maximum absolute atomic E-state index is 10.7. The van der Waals surface area contributed by atoms with Crippen molar-refractivity contribution < 1.29 is 9.66 Å². The first-order chi connectivity index (χ1) is 9.08. The molecular formula is C15H15NO3. The highest BCUT2D eigenvalue weighted by atomic mass is 16.6. The van der Waals surface area contributed by atoms with Crippen molar-refractivity contribution in [3.8, 4) is 5.75 Å². The van der Waals surface area contributed by atoms with Crippen LogP contribution in [0.3, 0.4) is 0 Å². The molecule has 0 heterocycles. The highest BCUT2D eigenvalue weighted by Gasteiger charge is 2.10. The fourth-order valence-electron chi connectivity index (χ4n) is 1.89. The second kappa shape index (κ2) is 5.52. The van der Waals surface area contributed by atoms with E-state index in [4.69, 9.17) is 4.74 Å². The number of nitro groups is 1. The van der Waals surface area contributed by atoms with Gasteiger partial charge in [-0.2, -0.15) is 0 Å². The number of hydrogen-bond donors (Lipinski definition) is 0. The van der Waals surface area contributed by atoms with E-state index in [1.54, 1.807) is 19.1 Å². The van der Waals surface area contributed by atoms with Crippen LogP contribution in [0.15, 0.2) is 42.5 Å². The van der Waals surface area contributed by atoms with Crippen LogP contribution in [0.25, 0.3) is 0 Å². The third kappa shape index (κ3) is 3.10. The molecule has 0 fully saturated rings. The Labute approximate surface area is 111 Å². The molecule has 0 unspecified atom stereocenters. The lowest BCUT2D eigenvalue weighted by Crippen LogP contribution is -1.99. The maximum Gasteiger partial charge on any atom is 0.272 e. The fourth-order valence-corrected chi connectivity index (χ4v) is 1.89. The van der Waals surface area contributed by atoms with Gasteiger partial charge in [0.2, 0.25) is 0 Å². The monoisotopic (exact) mass is 257 g/mol. The van der Waals surface area contributed by atoms with Crippen LogP contribution in [0.5, 0.6) is 5.75 Å². The van der Waals surface area contributed by atoms with E-state index in [-0.39, 0.29) is 10.6 Å². The molecular weight excluding hydrogens is 242 g/mol. The van der Waals surface area contributed by atoms with E-state index < -0.39 is 0 Å². The maximum atomic E-state index is 10.7. The lowest BCUT2D eigenvalue weighted by atomic mass is 10.1. The smallest absolute Gasteiger partial charge is 0.272 e. The Kier molecular flexibility index (Phi) is 3.80. The van der Waals surface area contributed by atoms with E-state index in [0.717, 1.165) is 16.9 Å². The summed E-state index contributed by atoms with van der Waals surface area (Å²) >= 11 is 0. The number of hydrogen-bond acceptors (Lipinski definition) is 3. The molecule has 0 spiro atoms. The molecule has 2 aromatic rings. The molecule has 0 bridgehead atoms. The molecule has 0 N–H and O–H groups in total. The summed E-state index contributed by atoms with van der Waals surface area (Å²) in [6.07, 6.45) is 0. The van der Waals surface area contributed by atoms with Crippen LogP contribution in [0, 0.1) is 24.0 Å². The Morgan fingerprint density at radius 1 is 1.11 bits per heavy atom. The topological polar surface area (TPSA) is 52.4 Å². The summed E-state index contributed by atoms with van der Waals surface area (Å²) in [5.74, 6) is 0.832. The van der Waals surface area contributed by atoms with E-state index in [1.807, 2.05) is 31.2 Å². The zero-order valence-corrected chi connectivity index (χ0v) is 10.9. The van der Waals surface area contributed by atoms with Crippen LogP contribution in [0.4, 0.5) is 5.69 Å². The van der Waals surface area contributed by atoms with Crippen LogP contribution in [-0.2, 0) is 6.61 Å². The van der Waals surface area contributed by atoms with Gasteiger partial charge in [0.05, 0.1) is 4.92 Å². The van der Waals surface area contributed by atoms with Crippen LogP contribution in [0.1, 0.15) is 16.7 Å². The van der Waals surface area contributed by atoms with Crippen molar-refractivity contribution in [2.75, 3.05) is 0 Å². The van der Waals surface area contributed by atoms with Crippen molar-refractivity contribution in [2.24, 2.45) is 0 Å². The minimum atomic E-state index is -0.374. The van der Waals surface area contributed by atoms with E-state index in [2.05, 4.69) is 0 Å². The number of nitrogens with zero attached hydrogens (tertiary/aromatic N) is 1. The van der Waals surface area contributed by atoms with Crippen molar-refractivity contribution in [1.82, 2.24) is 0 Å². The van der Waals surface area contributed by atoms with Gasteiger partial charge < -0.3 is 4.74 Å². The summed E-state index contributed by atoms with van der Waals surface area (Å²) in [7, 11) is 0. The number of benzene rings is 2. The van der Waals surface area contributed by atoms with Gasteiger partial charge in [-0.3, -0.25) is 10.1 Å². The number of aryl methyl sites for hydroxylation is 2. The summed E-state index contributed by atoms with van der Waals surface area (Å²) < 4.78 is 5.71. The second-order valence-electron chi connectivity index (χ2n) is 4.43. The molecule has 4 heteroatoms. The Balaban J connectivity index is 2.11. The summed E-state index contributed by atoms with van der Waals surface area (Å²) in [6.45, 7) is 4.12. The van der Waals surface area contributed by atoms with Crippen LogP contribution < -0.4 is 4.74 Å². The first kappa shape index (κ1) is 13.1. The van der Waals surface area contributed by atoms with E-state index in [1.165, 1.54) is 6.07 Å². The largest absolute Gasteiger partial charge is 0.489 e. The Bertz CT molecular complexity index is 608. The van der Waals surface area contributed by atoms with Crippen molar-refractivity contribution in [2.45, 2.75) is 20.5 Å². The first-order valence-corrected chi connectivity index (χ1v) is 6.00. The van der Waals surface area contributed by atoms with E-state index in [9.17, 15) is 10.1 Å². The van der Waals surface area contributed by atoms with Crippen molar-refractivity contribution in [3.63, 3.8) is 0 Å². The summed E-state index contributed by atoms with van der Waals surface area (Å²) in [5.41, 5.74) is 2.78. The molecule has 98 valence electrons. The minimum Gasteiger partial charge on any atom is -0.489 e. The SMILES string of the molecule is Cc1ccccc1OCc1ccc([N+](=O)[O-])c(C)c1. The number of para-hydroxylation sites is 1. The van der Waals surface area contributed by atoms with Gasteiger partial charge in [0.15, 0.2) is 0 Å². The van der Waals surface area contributed by atoms with Crippen molar-refractivity contribution >= 4 is 5.69 Å². The van der Waals surface area contributed by atoms with Crippen LogP contribution >= 0.6 is 0 Å². The summed E-state index contributed by atoms with van der Waals surface area (Å²) in [5, 5.41) is 10.7. The molecule has 0 aliphatic carbocycles. The molecule has 2 aromatic carbocycles. The molecule has 0 radical (unpaired) electrons. The summed E-state index contributed by atoms with van der Waals surface area (Å²) in [4.78, 5) is 10.4. The van der Waals surface area contributed by atoms with Gasteiger partial charge in [0.1, 0.15) is 12.4 Å². The standard InChI is InChI=1S/C15H15NO3/c1-11-5-3-4-6-15(11)19-10-13-7-8-14(16(17)18)12(2)9-13/h3-9H,10H2,1-2H3. The quantitative estimate of drug-likeness (QED) is 0.618. The van der Waals surface area contributed by atoms with Gasteiger partial charge in [-0.05, 0) is 43.2 Å². The minimum absolute atomic E-state index is 0.139. The number of nitro benzene ring substituents is 1. The third-order valence-corrected chi connectivity index (χ3v) is 2.95. The second-order valence-corrected chi connectivity index (χ2v) is 4.43. The van der Waals surface area contributed by atoms with Gasteiger partial charge in [-0.25, -0.2) is 0 Å². The molecule has 19 heavy (non-hydrogen) atoms. The average molecular weight is 257 g/mol. The Morgan fingerprint density at radius 2 is 1.84 bits per heavy atom. The van der Waals surface area contributed by atoms with Crippen molar-refractivity contribution in [1.29, 1.82) is 0 Å². The molecule has 0 atom stereocenters. The lowest BCUT2D eigenvalue weighted by Gasteiger charge is -2.09. The molecule has 0 aliphatic heterocycles. The average Bonchev–Trinajstić information content (AvgIpc) is 2.37. The molecule has 4 nitrogen and oxygen atoms in total. The van der Waals surface area contributed by atoms with Crippen LogP contribution in [-0.4, -0.2) is 4.92 Å².